The van der Waals surface area contributed by atoms with Crippen LogP contribution in [0.5, 0.6) is 0 Å². The average molecular weight is 310 g/mol. The molecule has 0 saturated carbocycles. The number of hydrogen-bond donors (Lipinski definition) is 2. The molecule has 2 rings (SSSR count). The van der Waals surface area contributed by atoms with Gasteiger partial charge in [0, 0.05) is 20.3 Å². The van der Waals surface area contributed by atoms with Gasteiger partial charge in [-0.15, -0.1) is 0 Å². The monoisotopic (exact) mass is 310 g/mol. The van der Waals surface area contributed by atoms with Gasteiger partial charge in [0.1, 0.15) is 11.7 Å². The summed E-state index contributed by atoms with van der Waals surface area (Å²) in [4.78, 5) is 21.8. The molecule has 1 fully saturated rings. The Morgan fingerprint density at radius 2 is 2.27 bits per heavy atom. The number of rotatable bonds is 4. The minimum atomic E-state index is -1.57. The van der Waals surface area contributed by atoms with Crippen molar-refractivity contribution < 1.29 is 14.9 Å². The Bertz CT molecular complexity index is 611. The first-order valence-corrected chi connectivity index (χ1v) is 7.13. The normalized spacial score (nSPS) is 31.8. The van der Waals surface area contributed by atoms with E-state index in [9.17, 15) is 15.0 Å². The Labute approximate surface area is 128 Å². The van der Waals surface area contributed by atoms with Crippen LogP contribution >= 0.6 is 0 Å². The van der Waals surface area contributed by atoms with Gasteiger partial charge in [-0.3, -0.25) is 4.57 Å². The summed E-state index contributed by atoms with van der Waals surface area (Å²) in [6, 6.07) is 1.55. The molecule has 2 N–H and O–H groups in total. The van der Waals surface area contributed by atoms with Crippen LogP contribution in [0.1, 0.15) is 26.5 Å². The van der Waals surface area contributed by atoms with E-state index in [4.69, 9.17) is 4.74 Å². The summed E-state index contributed by atoms with van der Waals surface area (Å²) in [7, 11) is 3.61. The van der Waals surface area contributed by atoms with Gasteiger partial charge in [-0.25, -0.2) is 9.79 Å². The first-order chi connectivity index (χ1) is 10.3. The van der Waals surface area contributed by atoms with E-state index in [1.54, 1.807) is 25.1 Å². The Morgan fingerprint density at radius 3 is 2.77 bits per heavy atom. The molecule has 22 heavy (non-hydrogen) atoms. The molecule has 1 saturated heterocycles. The smallest absolute Gasteiger partial charge is 0.351 e. The van der Waals surface area contributed by atoms with Gasteiger partial charge in [-0.05, 0) is 19.4 Å². The molecule has 0 spiro atoms. The topological polar surface area (TPSA) is 100 Å². The molecule has 8 nitrogen and oxygen atoms in total. The number of aliphatic imine (C=N–C) groups is 1. The van der Waals surface area contributed by atoms with E-state index in [2.05, 4.69) is 9.98 Å². The summed E-state index contributed by atoms with van der Waals surface area (Å²) >= 11 is 0. The number of aliphatic hydroxyl groups excluding tert-OH is 1. The third-order valence-electron chi connectivity index (χ3n) is 3.65. The molecule has 0 radical (unpaired) electrons. The van der Waals surface area contributed by atoms with Gasteiger partial charge in [0.2, 0.25) is 0 Å². The van der Waals surface area contributed by atoms with E-state index < -0.39 is 29.7 Å². The zero-order valence-electron chi connectivity index (χ0n) is 13.2. The first kappa shape index (κ1) is 16.6. The number of hydrogen-bond acceptors (Lipinski definition) is 6. The van der Waals surface area contributed by atoms with Crippen molar-refractivity contribution in [2.45, 2.75) is 44.3 Å². The Hall–Kier alpha value is -1.77. The van der Waals surface area contributed by atoms with Crippen molar-refractivity contribution in [1.82, 2.24) is 14.5 Å². The molecule has 1 aliphatic rings. The summed E-state index contributed by atoms with van der Waals surface area (Å²) in [5, 5.41) is 20.5. The van der Waals surface area contributed by atoms with Crippen LogP contribution < -0.4 is 5.69 Å². The van der Waals surface area contributed by atoms with Gasteiger partial charge in [-0.2, -0.15) is 4.98 Å². The van der Waals surface area contributed by atoms with Gasteiger partial charge >= 0.3 is 5.69 Å². The first-order valence-electron chi connectivity index (χ1n) is 7.13. The van der Waals surface area contributed by atoms with Crippen molar-refractivity contribution in [2.75, 3.05) is 14.1 Å². The predicted octanol–water partition coefficient (Wildman–Crippen LogP) is -0.116. The van der Waals surface area contributed by atoms with Crippen LogP contribution in [0, 0.1) is 0 Å². The number of nitrogens with zero attached hydrogens (tertiary/aromatic N) is 4. The molecular weight excluding hydrogens is 288 g/mol. The summed E-state index contributed by atoms with van der Waals surface area (Å²) in [5.41, 5.74) is -2.16. The lowest BCUT2D eigenvalue weighted by Gasteiger charge is -2.27. The molecule has 0 aliphatic carbocycles. The highest BCUT2D eigenvalue weighted by molar-refractivity contribution is 5.58. The molecule has 2 unspecified atom stereocenters. The molecule has 8 heteroatoms. The SMILES string of the molecule is CC[C@H]1OC(n2ccc(/N=C\N(C)C)nc2=O)C(C)(O)[C@H]1O. The molecule has 1 aromatic heterocycles. The second kappa shape index (κ2) is 6.15. The fourth-order valence-corrected chi connectivity index (χ4v) is 2.40. The summed E-state index contributed by atoms with van der Waals surface area (Å²) in [5.74, 6) is 0.264. The highest BCUT2D eigenvalue weighted by Crippen LogP contribution is 2.38. The van der Waals surface area contributed by atoms with E-state index >= 15 is 0 Å². The fraction of sp³-hybridized carbons (Fsp3) is 0.643. The van der Waals surface area contributed by atoms with Gasteiger partial charge < -0.3 is 19.8 Å². The zero-order chi connectivity index (χ0) is 16.5. The van der Waals surface area contributed by atoms with Crippen LogP contribution in [0.2, 0.25) is 0 Å². The predicted molar refractivity (Wildman–Crippen MR) is 81.2 cm³/mol. The van der Waals surface area contributed by atoms with Crippen LogP contribution in [0.15, 0.2) is 22.1 Å². The molecule has 0 aromatic carbocycles. The minimum Gasteiger partial charge on any atom is -0.387 e. The van der Waals surface area contributed by atoms with Gasteiger partial charge in [0.15, 0.2) is 12.0 Å². The van der Waals surface area contributed by atoms with Crippen LogP contribution in [0.3, 0.4) is 0 Å². The van der Waals surface area contributed by atoms with Crippen molar-refractivity contribution in [3.8, 4) is 0 Å². The van der Waals surface area contributed by atoms with E-state index in [-0.39, 0.29) is 5.82 Å². The summed E-state index contributed by atoms with van der Waals surface area (Å²) in [6.07, 6.45) is 0.937. The maximum atomic E-state index is 12.2. The molecule has 4 atom stereocenters. The number of aromatic nitrogens is 2. The van der Waals surface area contributed by atoms with Crippen LogP contribution in [0.25, 0.3) is 0 Å². The van der Waals surface area contributed by atoms with Crippen LogP contribution in [-0.4, -0.2) is 62.9 Å². The highest BCUT2D eigenvalue weighted by Gasteiger charge is 2.52. The lowest BCUT2D eigenvalue weighted by molar-refractivity contribution is -0.0975. The van der Waals surface area contributed by atoms with E-state index in [1.165, 1.54) is 24.0 Å². The molecule has 0 bridgehead atoms. The molecular formula is C14H22N4O4. The second-order valence-corrected chi connectivity index (χ2v) is 5.79. The quantitative estimate of drug-likeness (QED) is 0.594. The molecule has 122 valence electrons. The Balaban J connectivity index is 2.32. The number of ether oxygens (including phenoxy) is 1. The second-order valence-electron chi connectivity index (χ2n) is 5.79. The van der Waals surface area contributed by atoms with Crippen molar-refractivity contribution in [3.05, 3.63) is 22.7 Å². The maximum Gasteiger partial charge on any atom is 0.351 e. The standard InChI is InChI=1S/C14H22N4O4/c1-5-9-11(19)14(2,21)12(22-9)18-7-6-10(16-13(18)20)15-8-17(3)4/h6-9,11-12,19,21H,5H2,1-4H3/b15-8-/t9-,11+,12?,14?/m1/s1. The van der Waals surface area contributed by atoms with Crippen LogP contribution in [-0.2, 0) is 4.74 Å². The summed E-state index contributed by atoms with van der Waals surface area (Å²) < 4.78 is 6.79. The zero-order valence-corrected chi connectivity index (χ0v) is 13.2. The van der Waals surface area contributed by atoms with Crippen molar-refractivity contribution >= 4 is 12.2 Å². The van der Waals surface area contributed by atoms with Crippen LogP contribution in [0.4, 0.5) is 5.82 Å². The van der Waals surface area contributed by atoms with Gasteiger partial charge in [-0.1, -0.05) is 6.92 Å². The highest BCUT2D eigenvalue weighted by atomic mass is 16.6. The maximum absolute atomic E-state index is 12.2. The summed E-state index contributed by atoms with van der Waals surface area (Å²) in [6.45, 7) is 3.29. The van der Waals surface area contributed by atoms with E-state index in [0.29, 0.717) is 6.42 Å². The van der Waals surface area contributed by atoms with E-state index in [1.807, 2.05) is 6.92 Å². The molecule has 0 amide bonds. The van der Waals surface area contributed by atoms with E-state index in [0.717, 1.165) is 0 Å². The molecule has 2 heterocycles. The largest absolute Gasteiger partial charge is 0.387 e. The third kappa shape index (κ3) is 3.03. The molecule has 1 aliphatic heterocycles. The molecule has 1 aromatic rings. The Morgan fingerprint density at radius 1 is 1.59 bits per heavy atom. The number of aliphatic hydroxyl groups is 2. The van der Waals surface area contributed by atoms with Gasteiger partial charge in [0.25, 0.3) is 0 Å². The Kier molecular flexibility index (Phi) is 4.64. The third-order valence-corrected chi connectivity index (χ3v) is 3.65. The van der Waals surface area contributed by atoms with Crippen molar-refractivity contribution in [1.29, 1.82) is 0 Å². The minimum absolute atomic E-state index is 0.264. The average Bonchev–Trinajstić information content (AvgIpc) is 2.68. The lowest BCUT2D eigenvalue weighted by Crippen LogP contribution is -2.45. The lowest BCUT2D eigenvalue weighted by atomic mass is 9.95. The van der Waals surface area contributed by atoms with Crippen molar-refractivity contribution in [2.24, 2.45) is 4.99 Å². The van der Waals surface area contributed by atoms with Crippen molar-refractivity contribution in [3.63, 3.8) is 0 Å². The van der Waals surface area contributed by atoms with Gasteiger partial charge in [0.05, 0.1) is 12.4 Å². The fourth-order valence-electron chi connectivity index (χ4n) is 2.40.